The monoisotopic (exact) mass is 390 g/mol. The zero-order valence-electron chi connectivity index (χ0n) is 15.6. The van der Waals surface area contributed by atoms with Crippen molar-refractivity contribution in [3.05, 3.63) is 66.5 Å². The number of methoxy groups -OCH3 is 1. The van der Waals surface area contributed by atoms with Crippen LogP contribution in [0.1, 0.15) is 10.5 Å². The summed E-state index contributed by atoms with van der Waals surface area (Å²) >= 11 is 0. The number of rotatable bonds is 7. The molecule has 4 aromatic rings. The van der Waals surface area contributed by atoms with Crippen LogP contribution >= 0.6 is 0 Å². The summed E-state index contributed by atoms with van der Waals surface area (Å²) < 4.78 is 12.5. The zero-order valence-corrected chi connectivity index (χ0v) is 15.6. The topological polar surface area (TPSA) is 104 Å². The van der Waals surface area contributed by atoms with E-state index in [1.165, 1.54) is 0 Å². The summed E-state index contributed by atoms with van der Waals surface area (Å²) in [4.78, 5) is 16.0. The van der Waals surface area contributed by atoms with Gasteiger partial charge in [0.15, 0.2) is 11.5 Å². The Morgan fingerprint density at radius 3 is 2.86 bits per heavy atom. The first kappa shape index (κ1) is 18.4. The fourth-order valence-electron chi connectivity index (χ4n) is 2.70. The fourth-order valence-corrected chi connectivity index (χ4v) is 2.70. The van der Waals surface area contributed by atoms with Gasteiger partial charge in [-0.05, 0) is 30.3 Å². The molecule has 3 aromatic heterocycles. The third kappa shape index (κ3) is 4.13. The Kier molecular flexibility index (Phi) is 5.28. The first-order valence-electron chi connectivity index (χ1n) is 8.93. The summed E-state index contributed by atoms with van der Waals surface area (Å²) in [7, 11) is 1.61. The molecule has 3 heterocycles. The van der Waals surface area contributed by atoms with Crippen molar-refractivity contribution in [2.24, 2.45) is 0 Å². The first-order chi connectivity index (χ1) is 14.2. The van der Waals surface area contributed by atoms with Gasteiger partial charge in [0.2, 0.25) is 5.88 Å². The second kappa shape index (κ2) is 8.34. The minimum absolute atomic E-state index is 0.253. The van der Waals surface area contributed by atoms with Crippen molar-refractivity contribution < 1.29 is 14.3 Å². The highest BCUT2D eigenvalue weighted by molar-refractivity contribution is 5.92. The first-order valence-corrected chi connectivity index (χ1v) is 8.93. The van der Waals surface area contributed by atoms with E-state index >= 15 is 0 Å². The zero-order chi connectivity index (χ0) is 20.1. The van der Waals surface area contributed by atoms with Gasteiger partial charge in [-0.2, -0.15) is 4.52 Å². The molecule has 1 N–H and O–H groups in total. The van der Waals surface area contributed by atoms with Crippen LogP contribution in [0.15, 0.2) is 60.8 Å². The summed E-state index contributed by atoms with van der Waals surface area (Å²) in [6, 6.07) is 16.1. The van der Waals surface area contributed by atoms with Crippen LogP contribution in [0.25, 0.3) is 17.0 Å². The van der Waals surface area contributed by atoms with E-state index in [-0.39, 0.29) is 12.5 Å². The molecular weight excluding hydrogens is 372 g/mol. The van der Waals surface area contributed by atoms with Crippen LogP contribution in [-0.2, 0) is 0 Å². The Morgan fingerprint density at radius 2 is 2.03 bits per heavy atom. The molecule has 9 nitrogen and oxygen atoms in total. The van der Waals surface area contributed by atoms with E-state index in [1.807, 2.05) is 24.3 Å². The van der Waals surface area contributed by atoms with Gasteiger partial charge in [0, 0.05) is 17.8 Å². The number of hydrogen-bond donors (Lipinski definition) is 1. The molecule has 0 radical (unpaired) electrons. The van der Waals surface area contributed by atoms with Crippen molar-refractivity contribution in [2.75, 3.05) is 20.3 Å². The molecular formula is C20H18N6O3. The normalized spacial score (nSPS) is 10.7. The smallest absolute Gasteiger partial charge is 0.269 e. The van der Waals surface area contributed by atoms with Crippen molar-refractivity contribution >= 4 is 11.6 Å². The van der Waals surface area contributed by atoms with Crippen molar-refractivity contribution in [2.45, 2.75) is 0 Å². The van der Waals surface area contributed by atoms with Crippen LogP contribution in [-0.4, -0.2) is 51.0 Å². The molecule has 4 rings (SSSR count). The number of carbonyl (C=O) groups excluding carboxylic acids is 1. The van der Waals surface area contributed by atoms with Gasteiger partial charge in [-0.15, -0.1) is 15.3 Å². The fraction of sp³-hybridized carbons (Fsp3) is 0.150. The molecule has 9 heteroatoms. The van der Waals surface area contributed by atoms with E-state index in [9.17, 15) is 4.79 Å². The number of fused-ring (bicyclic) bond motifs is 1. The van der Waals surface area contributed by atoms with E-state index in [0.717, 1.165) is 11.3 Å². The van der Waals surface area contributed by atoms with Gasteiger partial charge in [-0.3, -0.25) is 9.78 Å². The Bertz CT molecular complexity index is 1130. The predicted octanol–water partition coefficient (Wildman–Crippen LogP) is 2.00. The molecule has 0 bridgehead atoms. The molecule has 0 spiro atoms. The van der Waals surface area contributed by atoms with Gasteiger partial charge in [-0.25, -0.2) is 0 Å². The van der Waals surface area contributed by atoms with Crippen molar-refractivity contribution in [3.63, 3.8) is 0 Å². The number of nitrogens with zero attached hydrogens (tertiary/aromatic N) is 5. The second-order valence-electron chi connectivity index (χ2n) is 6.02. The van der Waals surface area contributed by atoms with Crippen LogP contribution in [0.4, 0.5) is 0 Å². The SMILES string of the molecule is COc1cccc(-c2nnc3ccc(OCCNC(=O)c4ccccn4)nn23)c1. The van der Waals surface area contributed by atoms with Gasteiger partial charge in [0.25, 0.3) is 5.91 Å². The Hall–Kier alpha value is -4.01. The van der Waals surface area contributed by atoms with Crippen LogP contribution in [0, 0.1) is 0 Å². The number of hydrogen-bond acceptors (Lipinski definition) is 7. The van der Waals surface area contributed by atoms with Crippen LogP contribution in [0.2, 0.25) is 0 Å². The van der Waals surface area contributed by atoms with Crippen LogP contribution in [0.5, 0.6) is 11.6 Å². The maximum atomic E-state index is 12.0. The van der Waals surface area contributed by atoms with Gasteiger partial charge >= 0.3 is 0 Å². The van der Waals surface area contributed by atoms with Crippen LogP contribution in [0.3, 0.4) is 0 Å². The van der Waals surface area contributed by atoms with Crippen molar-refractivity contribution in [1.82, 2.24) is 30.1 Å². The number of aromatic nitrogens is 5. The molecule has 1 aromatic carbocycles. The minimum atomic E-state index is -0.253. The van der Waals surface area contributed by atoms with E-state index in [0.29, 0.717) is 29.6 Å². The number of benzene rings is 1. The van der Waals surface area contributed by atoms with Gasteiger partial charge < -0.3 is 14.8 Å². The summed E-state index contributed by atoms with van der Waals surface area (Å²) in [6.45, 7) is 0.577. The summed E-state index contributed by atoms with van der Waals surface area (Å²) in [5.74, 6) is 1.44. The molecule has 0 saturated heterocycles. The summed E-state index contributed by atoms with van der Waals surface area (Å²) in [5.41, 5.74) is 1.78. The molecule has 0 saturated carbocycles. The Labute approximate surface area is 166 Å². The van der Waals surface area contributed by atoms with Gasteiger partial charge in [0.1, 0.15) is 18.1 Å². The number of carbonyl (C=O) groups is 1. The average molecular weight is 390 g/mol. The van der Waals surface area contributed by atoms with E-state index in [4.69, 9.17) is 9.47 Å². The van der Waals surface area contributed by atoms with Crippen molar-refractivity contribution in [3.8, 4) is 23.0 Å². The lowest BCUT2D eigenvalue weighted by molar-refractivity contribution is 0.0941. The Morgan fingerprint density at radius 1 is 1.10 bits per heavy atom. The second-order valence-corrected chi connectivity index (χ2v) is 6.02. The van der Waals surface area contributed by atoms with E-state index < -0.39 is 0 Å². The maximum Gasteiger partial charge on any atom is 0.269 e. The number of pyridine rings is 1. The lowest BCUT2D eigenvalue weighted by atomic mass is 10.2. The standard InChI is InChI=1S/C20H18N6O3/c1-28-15-6-4-5-14(13-15)19-24-23-17-8-9-18(25-26(17)19)29-12-11-22-20(27)16-7-2-3-10-21-16/h2-10,13H,11-12H2,1H3,(H,22,27). The molecule has 0 aliphatic rings. The lowest BCUT2D eigenvalue weighted by Gasteiger charge is -2.07. The third-order valence-corrected chi connectivity index (χ3v) is 4.10. The molecule has 0 aliphatic carbocycles. The molecule has 29 heavy (non-hydrogen) atoms. The van der Waals surface area contributed by atoms with E-state index in [2.05, 4.69) is 25.6 Å². The van der Waals surface area contributed by atoms with Crippen LogP contribution < -0.4 is 14.8 Å². The largest absolute Gasteiger partial charge is 0.497 e. The number of nitrogens with one attached hydrogen (secondary N) is 1. The molecule has 0 fully saturated rings. The van der Waals surface area contributed by atoms with E-state index in [1.54, 1.807) is 48.2 Å². The van der Waals surface area contributed by atoms with Gasteiger partial charge in [-0.1, -0.05) is 18.2 Å². The van der Waals surface area contributed by atoms with Gasteiger partial charge in [0.05, 0.1) is 13.7 Å². The Balaban J connectivity index is 1.43. The maximum absolute atomic E-state index is 12.0. The molecule has 0 unspecified atom stereocenters. The highest BCUT2D eigenvalue weighted by Gasteiger charge is 2.11. The third-order valence-electron chi connectivity index (χ3n) is 4.10. The number of amides is 1. The highest BCUT2D eigenvalue weighted by Crippen LogP contribution is 2.23. The lowest BCUT2D eigenvalue weighted by Crippen LogP contribution is -2.28. The molecule has 0 atom stereocenters. The van der Waals surface area contributed by atoms with Crippen molar-refractivity contribution in [1.29, 1.82) is 0 Å². The summed E-state index contributed by atoms with van der Waals surface area (Å²) in [5, 5.41) is 15.5. The minimum Gasteiger partial charge on any atom is -0.497 e. The quantitative estimate of drug-likeness (QED) is 0.481. The summed E-state index contributed by atoms with van der Waals surface area (Å²) in [6.07, 6.45) is 1.57. The molecule has 146 valence electrons. The average Bonchev–Trinajstić information content (AvgIpc) is 3.20. The molecule has 0 aliphatic heterocycles. The number of ether oxygens (including phenoxy) is 2. The predicted molar refractivity (Wildman–Crippen MR) is 105 cm³/mol. The molecule has 1 amide bonds. The highest BCUT2D eigenvalue weighted by atomic mass is 16.5.